The van der Waals surface area contributed by atoms with Crippen molar-refractivity contribution in [2.45, 2.75) is 6.54 Å². The average Bonchev–Trinajstić information content (AvgIpc) is 2.69. The van der Waals surface area contributed by atoms with Crippen LogP contribution in [0.2, 0.25) is 5.02 Å². The summed E-state index contributed by atoms with van der Waals surface area (Å²) in [6, 6.07) is 25.7. The topological polar surface area (TPSA) is 49.8 Å². The van der Waals surface area contributed by atoms with E-state index in [0.717, 1.165) is 22.4 Å². The van der Waals surface area contributed by atoms with Crippen molar-refractivity contribution in [3.05, 3.63) is 89.4 Å². The molecule has 1 heterocycles. The van der Waals surface area contributed by atoms with Crippen LogP contribution in [0.4, 0.5) is 17.5 Å². The fourth-order valence-electron chi connectivity index (χ4n) is 2.73. The first-order valence-electron chi connectivity index (χ1n) is 8.36. The van der Waals surface area contributed by atoms with E-state index in [9.17, 15) is 0 Å². The van der Waals surface area contributed by atoms with E-state index in [-0.39, 0.29) is 0 Å². The van der Waals surface area contributed by atoms with Gasteiger partial charge in [-0.3, -0.25) is 0 Å². The van der Waals surface area contributed by atoms with E-state index in [4.69, 9.17) is 11.6 Å². The lowest BCUT2D eigenvalue weighted by molar-refractivity contribution is 1.10. The zero-order valence-corrected chi connectivity index (χ0v) is 14.7. The van der Waals surface area contributed by atoms with Crippen molar-refractivity contribution in [1.29, 1.82) is 0 Å². The van der Waals surface area contributed by atoms with Gasteiger partial charge in [-0.25, -0.2) is 4.98 Å². The Hall–Kier alpha value is -3.11. The molecule has 5 heteroatoms. The van der Waals surface area contributed by atoms with Gasteiger partial charge in [0.25, 0.3) is 0 Å². The molecule has 0 aliphatic heterocycles. The molecular formula is C21H17ClN4. The van der Waals surface area contributed by atoms with Gasteiger partial charge in [-0.05, 0) is 29.8 Å². The molecule has 0 fully saturated rings. The molecule has 1 aromatic heterocycles. The molecule has 0 saturated heterocycles. The lowest BCUT2D eigenvalue weighted by atomic mass is 10.2. The lowest BCUT2D eigenvalue weighted by Crippen LogP contribution is -2.05. The van der Waals surface area contributed by atoms with Gasteiger partial charge in [-0.1, -0.05) is 66.2 Å². The fourth-order valence-corrected chi connectivity index (χ4v) is 2.91. The van der Waals surface area contributed by atoms with Gasteiger partial charge >= 0.3 is 0 Å². The molecule has 0 atom stereocenters. The minimum absolute atomic E-state index is 0.507. The van der Waals surface area contributed by atoms with Crippen molar-refractivity contribution < 1.29 is 0 Å². The molecule has 128 valence electrons. The predicted octanol–water partition coefficient (Wildman–Crippen LogP) is 5.64. The van der Waals surface area contributed by atoms with Crippen molar-refractivity contribution in [1.82, 2.24) is 9.97 Å². The summed E-state index contributed by atoms with van der Waals surface area (Å²) in [4.78, 5) is 9.27. The van der Waals surface area contributed by atoms with Crippen molar-refractivity contribution >= 4 is 40.0 Å². The van der Waals surface area contributed by atoms with E-state index in [1.165, 1.54) is 5.56 Å². The summed E-state index contributed by atoms with van der Waals surface area (Å²) in [6.07, 6.45) is 0. The Morgan fingerprint density at radius 1 is 0.769 bits per heavy atom. The molecule has 0 aliphatic rings. The highest BCUT2D eigenvalue weighted by Crippen LogP contribution is 2.27. The molecule has 4 nitrogen and oxygen atoms in total. The molecule has 2 N–H and O–H groups in total. The van der Waals surface area contributed by atoms with E-state index < -0.39 is 0 Å². The number of halogens is 1. The van der Waals surface area contributed by atoms with Gasteiger partial charge in [0.2, 0.25) is 5.95 Å². The molecule has 0 amide bonds. The first-order chi connectivity index (χ1) is 12.8. The fraction of sp³-hybridized carbons (Fsp3) is 0.0476. The number of nitrogens with one attached hydrogen (secondary N) is 2. The third-order valence-corrected chi connectivity index (χ3v) is 4.36. The van der Waals surface area contributed by atoms with E-state index in [1.807, 2.05) is 66.7 Å². The zero-order chi connectivity index (χ0) is 17.8. The van der Waals surface area contributed by atoms with Crippen LogP contribution in [0.1, 0.15) is 5.56 Å². The molecule has 4 aromatic rings. The van der Waals surface area contributed by atoms with Crippen LogP contribution >= 0.6 is 11.6 Å². The summed E-state index contributed by atoms with van der Waals surface area (Å²) in [5.74, 6) is 1.29. The van der Waals surface area contributed by atoms with E-state index in [0.29, 0.717) is 17.5 Å². The Balaban J connectivity index is 1.68. The van der Waals surface area contributed by atoms with Crippen molar-refractivity contribution in [3.8, 4) is 0 Å². The van der Waals surface area contributed by atoms with Crippen LogP contribution in [0.5, 0.6) is 0 Å². The Bertz CT molecular complexity index is 1030. The predicted molar refractivity (Wildman–Crippen MR) is 108 cm³/mol. The molecule has 3 aromatic carbocycles. The van der Waals surface area contributed by atoms with Gasteiger partial charge in [-0.2, -0.15) is 4.98 Å². The summed E-state index contributed by atoms with van der Waals surface area (Å²) in [5.41, 5.74) is 2.84. The number of benzene rings is 3. The van der Waals surface area contributed by atoms with E-state index in [1.54, 1.807) is 0 Å². The first-order valence-corrected chi connectivity index (χ1v) is 8.73. The summed E-state index contributed by atoms with van der Waals surface area (Å²) >= 11 is 6.24. The van der Waals surface area contributed by atoms with Gasteiger partial charge in [0.05, 0.1) is 16.2 Å². The Morgan fingerprint density at radius 3 is 2.35 bits per heavy atom. The maximum Gasteiger partial charge on any atom is 0.229 e. The summed E-state index contributed by atoms with van der Waals surface area (Å²) < 4.78 is 0. The summed E-state index contributed by atoms with van der Waals surface area (Å²) in [7, 11) is 0. The van der Waals surface area contributed by atoms with Gasteiger partial charge in [0.15, 0.2) is 0 Å². The monoisotopic (exact) mass is 360 g/mol. The summed E-state index contributed by atoms with van der Waals surface area (Å²) in [5, 5.41) is 8.24. The smallest absolute Gasteiger partial charge is 0.229 e. The largest absolute Gasteiger partial charge is 0.365 e. The second kappa shape index (κ2) is 7.42. The van der Waals surface area contributed by atoms with Crippen LogP contribution in [-0.2, 0) is 6.54 Å². The standard InChI is InChI=1S/C21H17ClN4/c22-17-11-5-7-13-19(17)25-21-24-18-12-6-4-10-16(18)20(26-21)23-14-15-8-2-1-3-9-15/h1-13H,14H2,(H2,23,24,25,26). The Labute approximate surface area is 156 Å². The normalized spacial score (nSPS) is 10.7. The van der Waals surface area contributed by atoms with E-state index >= 15 is 0 Å². The molecule has 0 bridgehead atoms. The Kier molecular flexibility index (Phi) is 4.67. The number of para-hydroxylation sites is 2. The second-order valence-electron chi connectivity index (χ2n) is 5.86. The quantitative estimate of drug-likeness (QED) is 0.483. The average molecular weight is 361 g/mol. The number of rotatable bonds is 5. The zero-order valence-electron chi connectivity index (χ0n) is 14.0. The molecule has 0 unspecified atom stereocenters. The van der Waals surface area contributed by atoms with Crippen LogP contribution in [0, 0.1) is 0 Å². The number of hydrogen-bond acceptors (Lipinski definition) is 4. The van der Waals surface area contributed by atoms with Gasteiger partial charge in [0, 0.05) is 11.9 Å². The van der Waals surface area contributed by atoms with Crippen LogP contribution in [0.25, 0.3) is 10.9 Å². The van der Waals surface area contributed by atoms with Crippen LogP contribution < -0.4 is 10.6 Å². The van der Waals surface area contributed by atoms with Crippen molar-refractivity contribution in [2.75, 3.05) is 10.6 Å². The highest BCUT2D eigenvalue weighted by molar-refractivity contribution is 6.33. The van der Waals surface area contributed by atoms with Crippen LogP contribution in [0.15, 0.2) is 78.9 Å². The van der Waals surface area contributed by atoms with Crippen molar-refractivity contribution in [2.24, 2.45) is 0 Å². The molecule has 0 radical (unpaired) electrons. The van der Waals surface area contributed by atoms with E-state index in [2.05, 4.69) is 32.7 Å². The SMILES string of the molecule is Clc1ccccc1Nc1nc(NCc2ccccc2)c2ccccc2n1. The third-order valence-electron chi connectivity index (χ3n) is 4.03. The molecule has 0 saturated carbocycles. The van der Waals surface area contributed by atoms with Crippen molar-refractivity contribution in [3.63, 3.8) is 0 Å². The highest BCUT2D eigenvalue weighted by atomic mass is 35.5. The number of anilines is 3. The van der Waals surface area contributed by atoms with Crippen LogP contribution in [0.3, 0.4) is 0 Å². The molecular weight excluding hydrogens is 344 g/mol. The number of aromatic nitrogens is 2. The molecule has 0 spiro atoms. The third kappa shape index (κ3) is 3.60. The van der Waals surface area contributed by atoms with Gasteiger partial charge in [0.1, 0.15) is 5.82 Å². The van der Waals surface area contributed by atoms with Gasteiger partial charge in [-0.15, -0.1) is 0 Å². The van der Waals surface area contributed by atoms with Crippen LogP contribution in [-0.4, -0.2) is 9.97 Å². The molecule has 0 aliphatic carbocycles. The lowest BCUT2D eigenvalue weighted by Gasteiger charge is -2.12. The second-order valence-corrected chi connectivity index (χ2v) is 6.26. The minimum Gasteiger partial charge on any atom is -0.365 e. The maximum atomic E-state index is 6.24. The molecule has 26 heavy (non-hydrogen) atoms. The number of fused-ring (bicyclic) bond motifs is 1. The maximum absolute atomic E-state index is 6.24. The minimum atomic E-state index is 0.507. The molecule has 4 rings (SSSR count). The first kappa shape index (κ1) is 16.4. The Morgan fingerprint density at radius 2 is 1.50 bits per heavy atom. The van der Waals surface area contributed by atoms with Gasteiger partial charge < -0.3 is 10.6 Å². The number of nitrogens with zero attached hydrogens (tertiary/aromatic N) is 2. The number of hydrogen-bond donors (Lipinski definition) is 2. The summed E-state index contributed by atoms with van der Waals surface area (Å²) in [6.45, 7) is 0.688. The highest BCUT2D eigenvalue weighted by Gasteiger charge is 2.09.